The third-order valence-electron chi connectivity index (χ3n) is 4.67. The average Bonchev–Trinajstić information content (AvgIpc) is 2.85. The summed E-state index contributed by atoms with van der Waals surface area (Å²) in [5.74, 6) is 1.31. The van der Waals surface area contributed by atoms with Gasteiger partial charge in [-0.05, 0) is 49.9 Å². The summed E-state index contributed by atoms with van der Waals surface area (Å²) in [5.41, 5.74) is 3.07. The lowest BCUT2D eigenvalue weighted by Gasteiger charge is -2.22. The standard InChI is InChI=1S/C20H25N5OS/c1-15-11-16(2)13-17(12-15)24(10-6-8-21)19(26)14-27-20-23-22-18-7-4-3-5-9-25(18)20/h11-13H,3-7,9-10,14H2,1-2H3. The molecule has 2 aromatic rings. The summed E-state index contributed by atoms with van der Waals surface area (Å²) < 4.78 is 2.15. The smallest absolute Gasteiger partial charge is 0.237 e. The van der Waals surface area contributed by atoms with Gasteiger partial charge in [0.2, 0.25) is 5.91 Å². The summed E-state index contributed by atoms with van der Waals surface area (Å²) in [6.07, 6.45) is 4.75. The first-order chi connectivity index (χ1) is 13.1. The number of nitriles is 1. The second-order valence-corrected chi connectivity index (χ2v) is 7.89. The van der Waals surface area contributed by atoms with Crippen LogP contribution in [0.4, 0.5) is 5.69 Å². The van der Waals surface area contributed by atoms with Crippen LogP contribution in [0.2, 0.25) is 0 Å². The van der Waals surface area contributed by atoms with Gasteiger partial charge in [-0.2, -0.15) is 5.26 Å². The molecule has 1 aromatic carbocycles. The van der Waals surface area contributed by atoms with E-state index in [1.165, 1.54) is 18.2 Å². The molecule has 7 heteroatoms. The Morgan fingerprint density at radius 3 is 2.74 bits per heavy atom. The second-order valence-electron chi connectivity index (χ2n) is 6.95. The molecule has 0 bridgehead atoms. The zero-order chi connectivity index (χ0) is 19.2. The summed E-state index contributed by atoms with van der Waals surface area (Å²) in [4.78, 5) is 14.7. The number of aromatic nitrogens is 3. The van der Waals surface area contributed by atoms with Crippen LogP contribution >= 0.6 is 11.8 Å². The summed E-state index contributed by atoms with van der Waals surface area (Å²) >= 11 is 1.44. The number of anilines is 1. The Labute approximate surface area is 164 Å². The molecule has 0 aliphatic carbocycles. The molecule has 0 atom stereocenters. The van der Waals surface area contributed by atoms with Crippen molar-refractivity contribution < 1.29 is 4.79 Å². The van der Waals surface area contributed by atoms with Crippen LogP contribution in [0.25, 0.3) is 0 Å². The van der Waals surface area contributed by atoms with Crippen LogP contribution < -0.4 is 4.90 Å². The topological polar surface area (TPSA) is 74.8 Å². The second kappa shape index (κ2) is 9.05. The lowest BCUT2D eigenvalue weighted by atomic mass is 10.1. The number of thioether (sulfide) groups is 1. The Kier molecular flexibility index (Phi) is 6.51. The van der Waals surface area contributed by atoms with Gasteiger partial charge in [0.1, 0.15) is 5.82 Å². The van der Waals surface area contributed by atoms with Crippen LogP contribution in [0.15, 0.2) is 23.4 Å². The summed E-state index contributed by atoms with van der Waals surface area (Å²) in [5, 5.41) is 18.4. The first-order valence-electron chi connectivity index (χ1n) is 9.39. The lowest BCUT2D eigenvalue weighted by molar-refractivity contribution is -0.116. The first-order valence-corrected chi connectivity index (χ1v) is 10.4. The van der Waals surface area contributed by atoms with Gasteiger partial charge in [0.05, 0.1) is 18.2 Å². The lowest BCUT2D eigenvalue weighted by Crippen LogP contribution is -2.33. The molecule has 0 N–H and O–H groups in total. The summed E-state index contributed by atoms with van der Waals surface area (Å²) in [6.45, 7) is 5.36. The summed E-state index contributed by atoms with van der Waals surface area (Å²) in [6, 6.07) is 8.21. The van der Waals surface area contributed by atoms with E-state index in [1.807, 2.05) is 26.0 Å². The number of nitrogens with zero attached hydrogens (tertiary/aromatic N) is 5. The largest absolute Gasteiger partial charge is 0.311 e. The predicted molar refractivity (Wildman–Crippen MR) is 107 cm³/mol. The third-order valence-corrected chi connectivity index (χ3v) is 5.62. The van der Waals surface area contributed by atoms with E-state index < -0.39 is 0 Å². The van der Waals surface area contributed by atoms with Gasteiger partial charge in [0.15, 0.2) is 5.16 Å². The molecule has 0 saturated carbocycles. The van der Waals surface area contributed by atoms with Crippen molar-refractivity contribution in [1.29, 1.82) is 5.26 Å². The van der Waals surface area contributed by atoms with E-state index in [9.17, 15) is 4.79 Å². The molecule has 27 heavy (non-hydrogen) atoms. The number of hydrogen-bond donors (Lipinski definition) is 0. The zero-order valence-corrected chi connectivity index (χ0v) is 16.8. The Hall–Kier alpha value is -2.33. The van der Waals surface area contributed by atoms with Crippen LogP contribution in [0, 0.1) is 25.2 Å². The molecule has 0 saturated heterocycles. The number of rotatable bonds is 6. The summed E-state index contributed by atoms with van der Waals surface area (Å²) in [7, 11) is 0. The van der Waals surface area contributed by atoms with Gasteiger partial charge in [0.25, 0.3) is 0 Å². The van der Waals surface area contributed by atoms with Gasteiger partial charge in [-0.1, -0.05) is 24.2 Å². The van der Waals surface area contributed by atoms with Crippen LogP contribution in [0.1, 0.15) is 42.6 Å². The van der Waals surface area contributed by atoms with E-state index >= 15 is 0 Å². The maximum absolute atomic E-state index is 12.9. The van der Waals surface area contributed by atoms with Gasteiger partial charge in [-0.15, -0.1) is 10.2 Å². The zero-order valence-electron chi connectivity index (χ0n) is 15.9. The van der Waals surface area contributed by atoms with Crippen molar-refractivity contribution in [3.05, 3.63) is 35.2 Å². The van der Waals surface area contributed by atoms with Crippen LogP contribution in [-0.2, 0) is 17.8 Å². The molecule has 3 rings (SSSR count). The molecular formula is C20H25N5OS. The van der Waals surface area contributed by atoms with Gasteiger partial charge in [0, 0.05) is 25.2 Å². The van der Waals surface area contributed by atoms with E-state index in [4.69, 9.17) is 5.26 Å². The minimum absolute atomic E-state index is 0.00813. The van der Waals surface area contributed by atoms with Gasteiger partial charge in [-0.25, -0.2) is 0 Å². The van der Waals surface area contributed by atoms with E-state index in [0.717, 1.165) is 53.6 Å². The quantitative estimate of drug-likeness (QED) is 0.712. The molecule has 2 heterocycles. The molecule has 6 nitrogen and oxygen atoms in total. The minimum atomic E-state index is -0.00813. The van der Waals surface area contributed by atoms with Crippen LogP contribution in [-0.4, -0.2) is 33.0 Å². The van der Waals surface area contributed by atoms with Crippen molar-refractivity contribution in [2.45, 2.75) is 57.7 Å². The fraction of sp³-hybridized carbons (Fsp3) is 0.500. The van der Waals surface area contributed by atoms with Gasteiger partial charge in [-0.3, -0.25) is 4.79 Å². The average molecular weight is 384 g/mol. The molecule has 142 valence electrons. The Balaban J connectivity index is 1.73. The predicted octanol–water partition coefficient (Wildman–Crippen LogP) is 3.66. The Bertz CT molecular complexity index is 834. The van der Waals surface area contributed by atoms with Crippen molar-refractivity contribution >= 4 is 23.4 Å². The number of fused-ring (bicyclic) bond motifs is 1. The fourth-order valence-corrected chi connectivity index (χ4v) is 4.29. The Morgan fingerprint density at radius 2 is 2.00 bits per heavy atom. The van der Waals surface area contributed by atoms with Crippen LogP contribution in [0.3, 0.4) is 0 Å². The highest BCUT2D eigenvalue weighted by Crippen LogP contribution is 2.24. The van der Waals surface area contributed by atoms with Crippen molar-refractivity contribution in [2.75, 3.05) is 17.2 Å². The molecule has 0 unspecified atom stereocenters. The van der Waals surface area contributed by atoms with E-state index in [1.54, 1.807) is 4.90 Å². The van der Waals surface area contributed by atoms with Crippen molar-refractivity contribution in [2.24, 2.45) is 0 Å². The third kappa shape index (κ3) is 4.89. The fourth-order valence-electron chi connectivity index (χ4n) is 3.44. The van der Waals surface area contributed by atoms with Crippen molar-refractivity contribution in [3.8, 4) is 6.07 Å². The van der Waals surface area contributed by atoms with Crippen LogP contribution in [0.5, 0.6) is 0 Å². The van der Waals surface area contributed by atoms with E-state index in [2.05, 4.69) is 26.9 Å². The SMILES string of the molecule is Cc1cc(C)cc(N(CCC#N)C(=O)CSc2nnc3n2CCCCC3)c1. The normalized spacial score (nSPS) is 13.5. The number of carbonyl (C=O) groups is 1. The number of amides is 1. The number of benzene rings is 1. The van der Waals surface area contributed by atoms with Gasteiger partial charge < -0.3 is 9.47 Å². The van der Waals surface area contributed by atoms with Crippen molar-refractivity contribution in [3.63, 3.8) is 0 Å². The number of carbonyl (C=O) groups excluding carboxylic acids is 1. The highest BCUT2D eigenvalue weighted by Gasteiger charge is 2.20. The molecule has 1 amide bonds. The maximum Gasteiger partial charge on any atom is 0.237 e. The number of hydrogen-bond acceptors (Lipinski definition) is 5. The van der Waals surface area contributed by atoms with Crippen molar-refractivity contribution in [1.82, 2.24) is 14.8 Å². The minimum Gasteiger partial charge on any atom is -0.311 e. The van der Waals surface area contributed by atoms with E-state index in [0.29, 0.717) is 13.0 Å². The molecule has 1 aliphatic rings. The molecule has 0 radical (unpaired) electrons. The molecule has 1 aliphatic heterocycles. The van der Waals surface area contributed by atoms with E-state index in [-0.39, 0.29) is 11.7 Å². The Morgan fingerprint density at radius 1 is 1.22 bits per heavy atom. The number of aryl methyl sites for hydroxylation is 3. The molecule has 0 fully saturated rings. The monoisotopic (exact) mass is 383 g/mol. The molecule has 1 aromatic heterocycles. The first kappa shape index (κ1) is 19.4. The highest BCUT2D eigenvalue weighted by molar-refractivity contribution is 7.99. The molecular weight excluding hydrogens is 358 g/mol. The molecule has 0 spiro atoms. The van der Waals surface area contributed by atoms with Gasteiger partial charge >= 0.3 is 0 Å². The maximum atomic E-state index is 12.9. The highest BCUT2D eigenvalue weighted by atomic mass is 32.2.